The third kappa shape index (κ3) is 1.23. The fourth-order valence-corrected chi connectivity index (χ4v) is 1.74. The van der Waals surface area contributed by atoms with Crippen LogP contribution in [0.15, 0.2) is 18.2 Å². The number of pyridine rings is 1. The number of halogens is 2. The summed E-state index contributed by atoms with van der Waals surface area (Å²) in [7, 11) is 0. The van der Waals surface area contributed by atoms with E-state index in [2.05, 4.69) is 4.98 Å². The Labute approximate surface area is 88.7 Å². The number of aromatic nitrogens is 2. The van der Waals surface area contributed by atoms with Gasteiger partial charge in [-0.1, -0.05) is 29.3 Å². The maximum Gasteiger partial charge on any atom is 0.357 e. The van der Waals surface area contributed by atoms with Crippen LogP contribution in [0.25, 0.3) is 5.65 Å². The molecule has 0 fully saturated rings. The van der Waals surface area contributed by atoms with E-state index >= 15 is 0 Å². The van der Waals surface area contributed by atoms with Gasteiger partial charge in [-0.05, 0) is 12.1 Å². The molecule has 0 aliphatic rings. The summed E-state index contributed by atoms with van der Waals surface area (Å²) in [6.45, 7) is 0. The highest BCUT2D eigenvalue weighted by Gasteiger charge is 2.17. The zero-order valence-electron chi connectivity index (χ0n) is 6.74. The molecule has 14 heavy (non-hydrogen) atoms. The molecule has 0 bridgehead atoms. The maximum atomic E-state index is 10.7. The predicted molar refractivity (Wildman–Crippen MR) is 52.2 cm³/mol. The first-order valence-corrected chi connectivity index (χ1v) is 4.42. The molecule has 0 unspecified atom stereocenters. The van der Waals surface area contributed by atoms with Crippen LogP contribution in [0.5, 0.6) is 0 Å². The number of rotatable bonds is 1. The third-order valence-electron chi connectivity index (χ3n) is 1.74. The highest BCUT2D eigenvalue weighted by molar-refractivity contribution is 6.34. The molecule has 0 aliphatic heterocycles. The van der Waals surface area contributed by atoms with Gasteiger partial charge in [0.15, 0.2) is 5.69 Å². The average molecular weight is 231 g/mol. The molecule has 72 valence electrons. The summed E-state index contributed by atoms with van der Waals surface area (Å²) in [5.74, 6) is -1.17. The zero-order valence-corrected chi connectivity index (χ0v) is 8.25. The van der Waals surface area contributed by atoms with Crippen molar-refractivity contribution in [3.8, 4) is 0 Å². The van der Waals surface area contributed by atoms with E-state index in [1.54, 1.807) is 18.2 Å². The van der Waals surface area contributed by atoms with Crippen LogP contribution in [0, 0.1) is 0 Å². The Bertz CT molecular complexity index is 521. The highest BCUT2D eigenvalue weighted by atomic mass is 35.5. The molecular formula is C8H4Cl2N2O2. The Hall–Kier alpha value is -1.26. The summed E-state index contributed by atoms with van der Waals surface area (Å²) in [5.41, 5.74) is 0.222. The molecule has 2 rings (SSSR count). The number of hydrogen-bond acceptors (Lipinski definition) is 2. The normalized spacial score (nSPS) is 10.7. The highest BCUT2D eigenvalue weighted by Crippen LogP contribution is 2.22. The topological polar surface area (TPSA) is 54.6 Å². The third-order valence-corrected chi connectivity index (χ3v) is 2.39. The summed E-state index contributed by atoms with van der Waals surface area (Å²) >= 11 is 11.6. The molecule has 0 saturated carbocycles. The SMILES string of the molecule is O=C(O)c1nc2cccc(Cl)n2c1Cl. The van der Waals surface area contributed by atoms with Crippen LogP contribution in [-0.2, 0) is 0 Å². The number of carboxylic acid groups (broad SMARTS) is 1. The van der Waals surface area contributed by atoms with E-state index in [0.717, 1.165) is 0 Å². The van der Waals surface area contributed by atoms with E-state index in [1.807, 2.05) is 0 Å². The lowest BCUT2D eigenvalue weighted by molar-refractivity contribution is 0.0691. The minimum absolute atomic E-state index is 0.0121. The second-order valence-electron chi connectivity index (χ2n) is 2.60. The Morgan fingerprint density at radius 2 is 2.14 bits per heavy atom. The monoisotopic (exact) mass is 230 g/mol. The van der Waals surface area contributed by atoms with Crippen molar-refractivity contribution in [3.05, 3.63) is 34.2 Å². The lowest BCUT2D eigenvalue weighted by Gasteiger charge is -1.96. The van der Waals surface area contributed by atoms with Crippen molar-refractivity contribution < 1.29 is 9.90 Å². The standard InChI is InChI=1S/C8H4Cl2N2O2/c9-4-2-1-3-5-11-6(8(13)14)7(10)12(4)5/h1-3H,(H,13,14). The first-order valence-electron chi connectivity index (χ1n) is 3.67. The van der Waals surface area contributed by atoms with E-state index < -0.39 is 5.97 Å². The van der Waals surface area contributed by atoms with Crippen molar-refractivity contribution >= 4 is 34.8 Å². The molecule has 0 spiro atoms. The smallest absolute Gasteiger partial charge is 0.357 e. The molecule has 0 atom stereocenters. The number of nitrogens with zero attached hydrogens (tertiary/aromatic N) is 2. The lowest BCUT2D eigenvalue weighted by Crippen LogP contribution is -1.97. The van der Waals surface area contributed by atoms with E-state index in [1.165, 1.54) is 4.40 Å². The Morgan fingerprint density at radius 1 is 1.43 bits per heavy atom. The summed E-state index contributed by atoms with van der Waals surface area (Å²) in [6, 6.07) is 4.91. The molecule has 0 aromatic carbocycles. The fourth-order valence-electron chi connectivity index (χ4n) is 1.16. The summed E-state index contributed by atoms with van der Waals surface area (Å²) in [5, 5.41) is 9.09. The molecule has 0 saturated heterocycles. The summed E-state index contributed by atoms with van der Waals surface area (Å²) in [4.78, 5) is 14.5. The molecular weight excluding hydrogens is 227 g/mol. The summed E-state index contributed by atoms with van der Waals surface area (Å²) in [6.07, 6.45) is 0. The Kier molecular flexibility index (Phi) is 2.09. The molecule has 2 aromatic rings. The van der Waals surface area contributed by atoms with Crippen LogP contribution in [-0.4, -0.2) is 20.5 Å². The molecule has 1 N–H and O–H groups in total. The summed E-state index contributed by atoms with van der Waals surface area (Å²) < 4.78 is 1.37. The lowest BCUT2D eigenvalue weighted by atomic mass is 10.5. The van der Waals surface area contributed by atoms with E-state index in [-0.39, 0.29) is 10.8 Å². The van der Waals surface area contributed by atoms with Crippen LogP contribution in [0.4, 0.5) is 0 Å². The van der Waals surface area contributed by atoms with Gasteiger partial charge in [-0.25, -0.2) is 9.78 Å². The van der Waals surface area contributed by atoms with E-state index in [4.69, 9.17) is 28.3 Å². The number of aromatic carboxylic acids is 1. The molecule has 2 heterocycles. The van der Waals surface area contributed by atoms with Crippen molar-refractivity contribution in [3.63, 3.8) is 0 Å². The minimum Gasteiger partial charge on any atom is -0.476 e. The van der Waals surface area contributed by atoms with Crippen LogP contribution in [0.2, 0.25) is 10.3 Å². The van der Waals surface area contributed by atoms with Crippen LogP contribution >= 0.6 is 23.2 Å². The van der Waals surface area contributed by atoms with Crippen LogP contribution in [0.1, 0.15) is 10.5 Å². The van der Waals surface area contributed by atoms with Gasteiger partial charge < -0.3 is 5.11 Å². The van der Waals surface area contributed by atoms with Crippen LogP contribution < -0.4 is 0 Å². The largest absolute Gasteiger partial charge is 0.476 e. The number of imidazole rings is 1. The van der Waals surface area contributed by atoms with Gasteiger partial charge in [-0.15, -0.1) is 0 Å². The first-order chi connectivity index (χ1) is 6.61. The van der Waals surface area contributed by atoms with Gasteiger partial charge in [0.2, 0.25) is 0 Å². The number of hydrogen-bond donors (Lipinski definition) is 1. The molecule has 0 amide bonds. The predicted octanol–water partition coefficient (Wildman–Crippen LogP) is 2.34. The van der Waals surface area contributed by atoms with Gasteiger partial charge in [0, 0.05) is 0 Å². The van der Waals surface area contributed by atoms with Crippen molar-refractivity contribution in [2.45, 2.75) is 0 Å². The van der Waals surface area contributed by atoms with Gasteiger partial charge in [-0.3, -0.25) is 4.40 Å². The van der Waals surface area contributed by atoms with Crippen molar-refractivity contribution in [1.29, 1.82) is 0 Å². The van der Waals surface area contributed by atoms with Crippen molar-refractivity contribution in [1.82, 2.24) is 9.38 Å². The molecule has 0 radical (unpaired) electrons. The van der Waals surface area contributed by atoms with E-state index in [9.17, 15) is 4.79 Å². The quantitative estimate of drug-likeness (QED) is 0.766. The Balaban J connectivity index is 2.87. The fraction of sp³-hybridized carbons (Fsp3) is 0. The minimum atomic E-state index is -1.17. The number of fused-ring (bicyclic) bond motifs is 1. The van der Waals surface area contributed by atoms with Gasteiger partial charge in [0.05, 0.1) is 0 Å². The van der Waals surface area contributed by atoms with Gasteiger partial charge in [0.25, 0.3) is 0 Å². The average Bonchev–Trinajstić information content (AvgIpc) is 2.45. The zero-order chi connectivity index (χ0) is 10.3. The van der Waals surface area contributed by atoms with Gasteiger partial charge in [-0.2, -0.15) is 0 Å². The molecule has 4 nitrogen and oxygen atoms in total. The second kappa shape index (κ2) is 3.15. The van der Waals surface area contributed by atoms with Gasteiger partial charge >= 0.3 is 5.97 Å². The second-order valence-corrected chi connectivity index (χ2v) is 3.34. The van der Waals surface area contributed by atoms with Gasteiger partial charge in [0.1, 0.15) is 16.0 Å². The van der Waals surface area contributed by atoms with Crippen LogP contribution in [0.3, 0.4) is 0 Å². The maximum absolute atomic E-state index is 10.7. The molecule has 0 aliphatic carbocycles. The van der Waals surface area contributed by atoms with E-state index in [0.29, 0.717) is 10.8 Å². The van der Waals surface area contributed by atoms with Crippen molar-refractivity contribution in [2.24, 2.45) is 0 Å². The Morgan fingerprint density at radius 3 is 2.71 bits per heavy atom. The van der Waals surface area contributed by atoms with Crippen molar-refractivity contribution in [2.75, 3.05) is 0 Å². The molecule has 6 heteroatoms. The number of carboxylic acids is 1. The number of carbonyl (C=O) groups is 1. The first kappa shape index (κ1) is 9.30. The molecule has 2 aromatic heterocycles.